The molecule has 3 aromatic carbocycles. The van der Waals surface area contributed by atoms with Crippen LogP contribution in [0.4, 0.5) is 0 Å². The van der Waals surface area contributed by atoms with Gasteiger partial charge in [0.1, 0.15) is 6.04 Å². The van der Waals surface area contributed by atoms with E-state index in [0.29, 0.717) is 30.5 Å². The molecule has 0 spiro atoms. The number of rotatable bonds is 10. The molecule has 34 heavy (non-hydrogen) atoms. The molecule has 0 aliphatic rings. The average molecular weight is 477 g/mol. The standard InChI is InChI=1S/C29H33ClN2O2/c1-21(2)19-31-29(34)27(17-23-7-5-4-6-8-23)32(20-25-11-9-22(3)10-12-25)28(33)18-24-13-15-26(30)16-14-24/h4-16,21,27H,17-20H2,1-3H3,(H,31,34)/t27-/m0/s1. The topological polar surface area (TPSA) is 49.4 Å². The first-order valence-electron chi connectivity index (χ1n) is 11.7. The van der Waals surface area contributed by atoms with Gasteiger partial charge in [0.05, 0.1) is 6.42 Å². The molecule has 0 radical (unpaired) electrons. The van der Waals surface area contributed by atoms with E-state index in [0.717, 1.165) is 22.3 Å². The summed E-state index contributed by atoms with van der Waals surface area (Å²) in [6.45, 7) is 7.07. The van der Waals surface area contributed by atoms with Gasteiger partial charge < -0.3 is 10.2 Å². The molecule has 4 nitrogen and oxygen atoms in total. The van der Waals surface area contributed by atoms with Crippen molar-refractivity contribution in [3.05, 3.63) is 106 Å². The van der Waals surface area contributed by atoms with Crippen molar-refractivity contribution in [2.45, 2.75) is 46.2 Å². The van der Waals surface area contributed by atoms with Gasteiger partial charge in [-0.1, -0.05) is 97.7 Å². The van der Waals surface area contributed by atoms with Gasteiger partial charge in [0.2, 0.25) is 11.8 Å². The van der Waals surface area contributed by atoms with Crippen LogP contribution in [0.1, 0.15) is 36.1 Å². The fourth-order valence-electron chi connectivity index (χ4n) is 3.75. The summed E-state index contributed by atoms with van der Waals surface area (Å²) in [5, 5.41) is 3.68. The van der Waals surface area contributed by atoms with Crippen molar-refractivity contribution in [3.8, 4) is 0 Å². The monoisotopic (exact) mass is 476 g/mol. The molecule has 3 rings (SSSR count). The van der Waals surface area contributed by atoms with E-state index < -0.39 is 6.04 Å². The molecule has 0 fully saturated rings. The van der Waals surface area contributed by atoms with Crippen LogP contribution in [0, 0.1) is 12.8 Å². The van der Waals surface area contributed by atoms with Crippen LogP contribution in [0.5, 0.6) is 0 Å². The zero-order chi connectivity index (χ0) is 24.5. The van der Waals surface area contributed by atoms with Crippen LogP contribution in [-0.2, 0) is 29.0 Å². The second kappa shape index (κ2) is 12.4. The molecule has 0 unspecified atom stereocenters. The molecule has 0 heterocycles. The Hall–Kier alpha value is -3.11. The van der Waals surface area contributed by atoms with Crippen molar-refractivity contribution >= 4 is 23.4 Å². The summed E-state index contributed by atoms with van der Waals surface area (Å²) in [6, 6.07) is 24.6. The maximum Gasteiger partial charge on any atom is 0.243 e. The Morgan fingerprint density at radius 3 is 2.09 bits per heavy atom. The summed E-state index contributed by atoms with van der Waals surface area (Å²) in [7, 11) is 0. The quantitative estimate of drug-likeness (QED) is 0.414. The van der Waals surface area contributed by atoms with Gasteiger partial charge in [-0.2, -0.15) is 0 Å². The van der Waals surface area contributed by atoms with Crippen molar-refractivity contribution in [3.63, 3.8) is 0 Å². The highest BCUT2D eigenvalue weighted by Gasteiger charge is 2.30. The zero-order valence-corrected chi connectivity index (χ0v) is 20.9. The summed E-state index contributed by atoms with van der Waals surface area (Å²) < 4.78 is 0. The predicted molar refractivity (Wildman–Crippen MR) is 139 cm³/mol. The molecular weight excluding hydrogens is 444 g/mol. The first kappa shape index (κ1) is 25.5. The van der Waals surface area contributed by atoms with E-state index >= 15 is 0 Å². The number of aryl methyl sites for hydroxylation is 1. The first-order chi connectivity index (χ1) is 16.3. The lowest BCUT2D eigenvalue weighted by Crippen LogP contribution is -2.51. The normalized spacial score (nSPS) is 11.8. The Labute approximate surface area is 207 Å². The average Bonchev–Trinajstić information content (AvgIpc) is 2.83. The van der Waals surface area contributed by atoms with E-state index in [-0.39, 0.29) is 18.2 Å². The molecule has 1 atom stereocenters. The van der Waals surface area contributed by atoms with Crippen molar-refractivity contribution < 1.29 is 9.59 Å². The van der Waals surface area contributed by atoms with Crippen LogP contribution in [0.2, 0.25) is 5.02 Å². The molecule has 5 heteroatoms. The van der Waals surface area contributed by atoms with Crippen molar-refractivity contribution in [2.75, 3.05) is 6.54 Å². The third kappa shape index (κ3) is 7.74. The largest absolute Gasteiger partial charge is 0.354 e. The number of carbonyl (C=O) groups excluding carboxylic acids is 2. The van der Waals surface area contributed by atoms with Gasteiger partial charge in [-0.15, -0.1) is 0 Å². The Morgan fingerprint density at radius 1 is 0.853 bits per heavy atom. The molecular formula is C29H33ClN2O2. The number of amides is 2. The number of hydrogen-bond acceptors (Lipinski definition) is 2. The van der Waals surface area contributed by atoms with Gasteiger partial charge >= 0.3 is 0 Å². The van der Waals surface area contributed by atoms with E-state index in [1.54, 1.807) is 17.0 Å². The first-order valence-corrected chi connectivity index (χ1v) is 12.1. The van der Waals surface area contributed by atoms with Gasteiger partial charge in [-0.25, -0.2) is 0 Å². The highest BCUT2D eigenvalue weighted by atomic mass is 35.5. The summed E-state index contributed by atoms with van der Waals surface area (Å²) in [4.78, 5) is 28.8. The maximum absolute atomic E-state index is 13.7. The molecule has 2 amide bonds. The minimum absolute atomic E-state index is 0.0940. The maximum atomic E-state index is 13.7. The molecule has 0 saturated carbocycles. The molecule has 3 aromatic rings. The molecule has 1 N–H and O–H groups in total. The molecule has 0 aliphatic heterocycles. The fourth-order valence-corrected chi connectivity index (χ4v) is 3.87. The van der Waals surface area contributed by atoms with Gasteiger partial charge in [0.25, 0.3) is 0 Å². The Bertz CT molecular complexity index is 1060. The van der Waals surface area contributed by atoms with Crippen LogP contribution in [0.3, 0.4) is 0 Å². The number of nitrogens with zero attached hydrogens (tertiary/aromatic N) is 1. The van der Waals surface area contributed by atoms with Crippen LogP contribution in [-0.4, -0.2) is 29.3 Å². The third-order valence-electron chi connectivity index (χ3n) is 5.70. The van der Waals surface area contributed by atoms with E-state index in [1.807, 2.05) is 73.7 Å². The lowest BCUT2D eigenvalue weighted by atomic mass is 10.0. The lowest BCUT2D eigenvalue weighted by molar-refractivity contribution is -0.140. The van der Waals surface area contributed by atoms with Crippen LogP contribution in [0.25, 0.3) is 0 Å². The summed E-state index contributed by atoms with van der Waals surface area (Å²) in [5.41, 5.74) is 4.02. The highest BCUT2D eigenvalue weighted by molar-refractivity contribution is 6.30. The van der Waals surface area contributed by atoms with E-state index in [4.69, 9.17) is 11.6 Å². The number of benzene rings is 3. The number of nitrogens with one attached hydrogen (secondary N) is 1. The second-order valence-electron chi connectivity index (χ2n) is 9.16. The zero-order valence-electron chi connectivity index (χ0n) is 20.1. The minimum Gasteiger partial charge on any atom is -0.354 e. The Balaban J connectivity index is 1.93. The molecule has 0 aromatic heterocycles. The number of carbonyl (C=O) groups is 2. The fraction of sp³-hybridized carbons (Fsp3) is 0.310. The summed E-state index contributed by atoms with van der Waals surface area (Å²) >= 11 is 6.03. The number of hydrogen-bond donors (Lipinski definition) is 1. The molecule has 0 aliphatic carbocycles. The minimum atomic E-state index is -0.623. The van der Waals surface area contributed by atoms with Gasteiger partial charge in [-0.3, -0.25) is 9.59 Å². The van der Waals surface area contributed by atoms with E-state index in [2.05, 4.69) is 19.2 Å². The Kier molecular flexibility index (Phi) is 9.29. The summed E-state index contributed by atoms with van der Waals surface area (Å²) in [6.07, 6.45) is 0.648. The van der Waals surface area contributed by atoms with Crippen LogP contribution >= 0.6 is 11.6 Å². The molecule has 0 bridgehead atoms. The van der Waals surface area contributed by atoms with E-state index in [9.17, 15) is 9.59 Å². The van der Waals surface area contributed by atoms with Gasteiger partial charge in [0.15, 0.2) is 0 Å². The highest BCUT2D eigenvalue weighted by Crippen LogP contribution is 2.18. The third-order valence-corrected chi connectivity index (χ3v) is 5.95. The van der Waals surface area contributed by atoms with Crippen molar-refractivity contribution in [1.82, 2.24) is 10.2 Å². The van der Waals surface area contributed by atoms with Gasteiger partial charge in [0, 0.05) is 24.5 Å². The van der Waals surface area contributed by atoms with Crippen LogP contribution in [0.15, 0.2) is 78.9 Å². The second-order valence-corrected chi connectivity index (χ2v) is 9.59. The molecule has 178 valence electrons. The smallest absolute Gasteiger partial charge is 0.243 e. The number of halogens is 1. The summed E-state index contributed by atoms with van der Waals surface area (Å²) in [5.74, 6) is 0.0919. The predicted octanol–water partition coefficient (Wildman–Crippen LogP) is 5.60. The van der Waals surface area contributed by atoms with Crippen molar-refractivity contribution in [2.24, 2.45) is 5.92 Å². The van der Waals surface area contributed by atoms with Gasteiger partial charge in [-0.05, 0) is 41.7 Å². The molecule has 0 saturated heterocycles. The van der Waals surface area contributed by atoms with Crippen molar-refractivity contribution in [1.29, 1.82) is 0 Å². The lowest BCUT2D eigenvalue weighted by Gasteiger charge is -2.32. The Morgan fingerprint density at radius 2 is 1.47 bits per heavy atom. The van der Waals surface area contributed by atoms with Crippen LogP contribution < -0.4 is 5.32 Å². The van der Waals surface area contributed by atoms with E-state index in [1.165, 1.54) is 0 Å². The SMILES string of the molecule is Cc1ccc(CN(C(=O)Cc2ccc(Cl)cc2)[C@@H](Cc2ccccc2)C(=O)NCC(C)C)cc1.